The third kappa shape index (κ3) is 3.92. The van der Waals surface area contributed by atoms with E-state index in [1.807, 2.05) is 48.5 Å². The van der Waals surface area contributed by atoms with Gasteiger partial charge in [0.05, 0.1) is 0 Å². The maximum atomic E-state index is 12.5. The molecule has 0 radical (unpaired) electrons. The minimum Gasteiger partial charge on any atom is -0.294 e. The Morgan fingerprint density at radius 2 is 1.12 bits per heavy atom. The van der Waals surface area contributed by atoms with E-state index < -0.39 is 0 Å². The van der Waals surface area contributed by atoms with Gasteiger partial charge in [-0.2, -0.15) is 0 Å². The van der Waals surface area contributed by atoms with Crippen LogP contribution in [0.25, 0.3) is 21.5 Å². The van der Waals surface area contributed by atoms with Gasteiger partial charge in [0.2, 0.25) is 0 Å². The zero-order valence-corrected chi connectivity index (χ0v) is 15.9. The summed E-state index contributed by atoms with van der Waals surface area (Å²) in [6, 6.07) is 15.5. The molecular formula is C22H20Cl2O2. The second-order valence-corrected chi connectivity index (χ2v) is 7.09. The number of benzene rings is 3. The molecule has 26 heavy (non-hydrogen) atoms. The third-order valence-electron chi connectivity index (χ3n) is 4.56. The molecule has 0 aromatic heterocycles. The Morgan fingerprint density at radius 1 is 0.692 bits per heavy atom. The standard InChI is InChI=1S/C22H20Cl2O2/c23-11-3-9-21(25)17-7-1-5-15-13-20-16(14-19(15)17)6-2-8-18(20)22(26)10-4-12-24/h1-2,5-8,13-14H,3-4,9-12H2. The van der Waals surface area contributed by atoms with E-state index >= 15 is 0 Å². The molecule has 0 bridgehead atoms. The normalized spacial score (nSPS) is 11.2. The lowest BCUT2D eigenvalue weighted by atomic mass is 9.93. The molecule has 3 aromatic rings. The second kappa shape index (κ2) is 8.66. The fourth-order valence-corrected chi connectivity index (χ4v) is 3.53. The summed E-state index contributed by atoms with van der Waals surface area (Å²) in [4.78, 5) is 25.0. The van der Waals surface area contributed by atoms with Gasteiger partial charge in [-0.25, -0.2) is 0 Å². The van der Waals surface area contributed by atoms with Gasteiger partial charge in [0.25, 0.3) is 0 Å². The Bertz CT molecular complexity index is 883. The Morgan fingerprint density at radius 3 is 1.50 bits per heavy atom. The lowest BCUT2D eigenvalue weighted by Gasteiger charge is -2.10. The summed E-state index contributed by atoms with van der Waals surface area (Å²) >= 11 is 11.4. The van der Waals surface area contributed by atoms with E-state index in [0.717, 1.165) is 21.5 Å². The van der Waals surface area contributed by atoms with Crippen LogP contribution in [0.5, 0.6) is 0 Å². The molecule has 0 aliphatic carbocycles. The molecule has 0 saturated carbocycles. The highest BCUT2D eigenvalue weighted by Crippen LogP contribution is 2.29. The molecule has 4 heteroatoms. The number of Topliss-reactive ketones (excluding diaryl/α,β-unsaturated/α-hetero) is 2. The molecule has 0 unspecified atom stereocenters. The minimum atomic E-state index is 0.102. The molecule has 0 heterocycles. The number of fused-ring (bicyclic) bond motifs is 2. The summed E-state index contributed by atoms with van der Waals surface area (Å²) < 4.78 is 0. The first-order valence-electron chi connectivity index (χ1n) is 8.79. The van der Waals surface area contributed by atoms with E-state index in [9.17, 15) is 9.59 Å². The van der Waals surface area contributed by atoms with Gasteiger partial charge in [-0.1, -0.05) is 36.4 Å². The Labute approximate surface area is 163 Å². The van der Waals surface area contributed by atoms with E-state index in [0.29, 0.717) is 48.6 Å². The van der Waals surface area contributed by atoms with Crippen molar-refractivity contribution in [3.8, 4) is 0 Å². The highest BCUT2D eigenvalue weighted by molar-refractivity contribution is 6.19. The predicted octanol–water partition coefficient (Wildman–Crippen LogP) is 6.40. The van der Waals surface area contributed by atoms with Gasteiger partial charge >= 0.3 is 0 Å². The fraction of sp³-hybridized carbons (Fsp3) is 0.273. The van der Waals surface area contributed by atoms with E-state index in [-0.39, 0.29) is 11.6 Å². The molecule has 3 aromatic carbocycles. The minimum absolute atomic E-state index is 0.102. The summed E-state index contributed by atoms with van der Waals surface area (Å²) in [5.41, 5.74) is 1.43. The fourth-order valence-electron chi connectivity index (χ4n) is 3.26. The molecule has 0 N–H and O–H groups in total. The SMILES string of the molecule is O=C(CCCCl)c1cccc2cc3c(C(=O)CCCCl)cccc3cc12. The zero-order valence-electron chi connectivity index (χ0n) is 14.4. The number of hydrogen-bond donors (Lipinski definition) is 0. The van der Waals surface area contributed by atoms with Crippen molar-refractivity contribution >= 4 is 56.3 Å². The van der Waals surface area contributed by atoms with E-state index in [4.69, 9.17) is 23.2 Å². The van der Waals surface area contributed by atoms with Crippen molar-refractivity contribution in [2.24, 2.45) is 0 Å². The Kier molecular flexibility index (Phi) is 6.29. The molecule has 0 spiro atoms. The number of rotatable bonds is 8. The van der Waals surface area contributed by atoms with Crippen LogP contribution >= 0.6 is 23.2 Å². The summed E-state index contributed by atoms with van der Waals surface area (Å²) in [5.74, 6) is 1.16. The van der Waals surface area contributed by atoms with Crippen LogP contribution in [0.4, 0.5) is 0 Å². The molecule has 0 atom stereocenters. The number of halogens is 2. The van der Waals surface area contributed by atoms with Crippen LogP contribution < -0.4 is 0 Å². The maximum Gasteiger partial charge on any atom is 0.163 e. The summed E-state index contributed by atoms with van der Waals surface area (Å²) in [7, 11) is 0. The highest BCUT2D eigenvalue weighted by atomic mass is 35.5. The van der Waals surface area contributed by atoms with Crippen LogP contribution in [0.15, 0.2) is 48.5 Å². The van der Waals surface area contributed by atoms with Crippen molar-refractivity contribution in [2.45, 2.75) is 25.7 Å². The van der Waals surface area contributed by atoms with Gasteiger partial charge in [-0.05, 0) is 46.5 Å². The quantitative estimate of drug-likeness (QED) is 0.255. The van der Waals surface area contributed by atoms with Gasteiger partial charge in [0.1, 0.15) is 0 Å². The van der Waals surface area contributed by atoms with Gasteiger partial charge in [0.15, 0.2) is 11.6 Å². The summed E-state index contributed by atoms with van der Waals surface area (Å²) in [6.07, 6.45) is 2.22. The molecule has 0 saturated heterocycles. The van der Waals surface area contributed by atoms with Gasteiger partial charge in [-0.3, -0.25) is 9.59 Å². The largest absolute Gasteiger partial charge is 0.294 e. The van der Waals surface area contributed by atoms with Crippen molar-refractivity contribution in [1.82, 2.24) is 0 Å². The lowest BCUT2D eigenvalue weighted by Crippen LogP contribution is -2.02. The lowest BCUT2D eigenvalue weighted by molar-refractivity contribution is 0.0975. The molecule has 3 rings (SSSR count). The summed E-state index contributed by atoms with van der Waals surface area (Å²) in [6.45, 7) is 0. The molecule has 134 valence electrons. The topological polar surface area (TPSA) is 34.1 Å². The van der Waals surface area contributed by atoms with Crippen LogP contribution in [0.1, 0.15) is 46.4 Å². The van der Waals surface area contributed by atoms with Gasteiger partial charge in [-0.15, -0.1) is 23.2 Å². The first-order valence-corrected chi connectivity index (χ1v) is 9.86. The average molecular weight is 387 g/mol. The van der Waals surface area contributed by atoms with E-state index in [1.54, 1.807) is 0 Å². The zero-order chi connectivity index (χ0) is 18.5. The molecular weight excluding hydrogens is 367 g/mol. The average Bonchev–Trinajstić information content (AvgIpc) is 2.67. The Balaban J connectivity index is 2.11. The van der Waals surface area contributed by atoms with Crippen molar-refractivity contribution in [3.05, 3.63) is 59.7 Å². The monoisotopic (exact) mass is 386 g/mol. The first kappa shape index (κ1) is 18.9. The van der Waals surface area contributed by atoms with Crippen molar-refractivity contribution in [1.29, 1.82) is 0 Å². The van der Waals surface area contributed by atoms with Crippen molar-refractivity contribution in [2.75, 3.05) is 11.8 Å². The number of alkyl halides is 2. The maximum absolute atomic E-state index is 12.5. The Hall–Kier alpha value is -1.90. The van der Waals surface area contributed by atoms with Crippen molar-refractivity contribution < 1.29 is 9.59 Å². The third-order valence-corrected chi connectivity index (χ3v) is 5.09. The van der Waals surface area contributed by atoms with Gasteiger partial charge < -0.3 is 0 Å². The number of hydrogen-bond acceptors (Lipinski definition) is 2. The van der Waals surface area contributed by atoms with Crippen LogP contribution in [0.3, 0.4) is 0 Å². The first-order chi connectivity index (χ1) is 12.7. The molecule has 2 nitrogen and oxygen atoms in total. The molecule has 0 aliphatic heterocycles. The van der Waals surface area contributed by atoms with Gasteiger partial charge in [0, 0.05) is 35.7 Å². The second-order valence-electron chi connectivity index (χ2n) is 6.34. The predicted molar refractivity (Wildman–Crippen MR) is 110 cm³/mol. The van der Waals surface area contributed by atoms with Crippen LogP contribution in [-0.4, -0.2) is 23.3 Å². The highest BCUT2D eigenvalue weighted by Gasteiger charge is 2.14. The van der Waals surface area contributed by atoms with Crippen LogP contribution in [-0.2, 0) is 0 Å². The smallest absolute Gasteiger partial charge is 0.163 e. The summed E-state index contributed by atoms with van der Waals surface area (Å²) in [5, 5.41) is 3.77. The van der Waals surface area contributed by atoms with Crippen molar-refractivity contribution in [3.63, 3.8) is 0 Å². The number of carbonyl (C=O) groups is 2. The number of carbonyl (C=O) groups excluding carboxylic acids is 2. The molecule has 0 amide bonds. The van der Waals surface area contributed by atoms with Crippen LogP contribution in [0, 0.1) is 0 Å². The number of ketones is 2. The molecule has 0 fully saturated rings. The molecule has 0 aliphatic rings. The van der Waals surface area contributed by atoms with E-state index in [1.165, 1.54) is 0 Å². The van der Waals surface area contributed by atoms with E-state index in [2.05, 4.69) is 0 Å². The van der Waals surface area contributed by atoms with Crippen LogP contribution in [0.2, 0.25) is 0 Å².